The lowest BCUT2D eigenvalue weighted by Gasteiger charge is -2.24. The molecule has 1 unspecified atom stereocenters. The van der Waals surface area contributed by atoms with E-state index in [0.717, 1.165) is 22.0 Å². The molecule has 4 aromatic rings. The van der Waals surface area contributed by atoms with Crippen molar-refractivity contribution in [1.82, 2.24) is 9.88 Å². The highest BCUT2D eigenvalue weighted by molar-refractivity contribution is 7.80. The fourth-order valence-corrected chi connectivity index (χ4v) is 4.89. The van der Waals surface area contributed by atoms with E-state index >= 15 is 0 Å². The van der Waals surface area contributed by atoms with E-state index in [1.807, 2.05) is 61.7 Å². The number of hydrogen-bond donors (Lipinski definition) is 2. The Bertz CT molecular complexity index is 1510. The number of carbonyl (C=O) groups is 3. The number of nitrogens with one attached hydrogen (secondary N) is 2. The maximum Gasteiger partial charge on any atom is 0.256 e. The molecular weight excluding hydrogens is 484 g/mol. The van der Waals surface area contributed by atoms with Crippen LogP contribution in [-0.2, 0) is 16.1 Å². The molecule has 1 fully saturated rings. The molecule has 1 atom stereocenters. The van der Waals surface area contributed by atoms with Gasteiger partial charge in [-0.25, -0.2) is 0 Å². The SMILES string of the molecule is CC(=O)c1ccc(N2C(=O)C(CC(=O)Nc3ccc4cc[nH]c4c3)N(Cc3ccc(C)cc3)C2=S)cc1. The summed E-state index contributed by atoms with van der Waals surface area (Å²) < 4.78 is 0. The van der Waals surface area contributed by atoms with Gasteiger partial charge in [-0.3, -0.25) is 19.3 Å². The summed E-state index contributed by atoms with van der Waals surface area (Å²) in [6, 6.07) is 21.6. The Morgan fingerprint density at radius 1 is 1.00 bits per heavy atom. The first-order valence-corrected chi connectivity index (χ1v) is 12.4. The van der Waals surface area contributed by atoms with Crippen LogP contribution < -0.4 is 10.2 Å². The third kappa shape index (κ3) is 5.01. The highest BCUT2D eigenvalue weighted by Crippen LogP contribution is 2.29. The Hall–Kier alpha value is -4.30. The summed E-state index contributed by atoms with van der Waals surface area (Å²) in [7, 11) is 0. The molecule has 5 rings (SSSR count). The monoisotopic (exact) mass is 510 g/mol. The summed E-state index contributed by atoms with van der Waals surface area (Å²) >= 11 is 5.76. The minimum atomic E-state index is -0.768. The predicted molar refractivity (Wildman–Crippen MR) is 149 cm³/mol. The summed E-state index contributed by atoms with van der Waals surface area (Å²) in [5.74, 6) is -0.618. The van der Waals surface area contributed by atoms with Crippen molar-refractivity contribution >= 4 is 57.2 Å². The van der Waals surface area contributed by atoms with Crippen LogP contribution in [0.2, 0.25) is 0 Å². The second-order valence-electron chi connectivity index (χ2n) is 9.22. The first-order valence-electron chi connectivity index (χ1n) is 12.0. The smallest absolute Gasteiger partial charge is 0.256 e. The molecule has 1 saturated heterocycles. The van der Waals surface area contributed by atoms with Crippen LogP contribution in [0.15, 0.2) is 79.0 Å². The fraction of sp³-hybridized carbons (Fsp3) is 0.172. The number of aryl methyl sites for hydroxylation is 1. The van der Waals surface area contributed by atoms with Gasteiger partial charge in [-0.05, 0) is 79.5 Å². The molecule has 7 nitrogen and oxygen atoms in total. The van der Waals surface area contributed by atoms with Gasteiger partial charge < -0.3 is 15.2 Å². The molecular formula is C29H26N4O3S. The van der Waals surface area contributed by atoms with Crippen LogP contribution in [-0.4, -0.2) is 38.6 Å². The van der Waals surface area contributed by atoms with Crippen molar-refractivity contribution < 1.29 is 14.4 Å². The van der Waals surface area contributed by atoms with Crippen LogP contribution in [0.1, 0.15) is 34.8 Å². The van der Waals surface area contributed by atoms with E-state index < -0.39 is 6.04 Å². The molecule has 0 spiro atoms. The van der Waals surface area contributed by atoms with E-state index in [-0.39, 0.29) is 24.0 Å². The average Bonchev–Trinajstić information content (AvgIpc) is 3.43. The molecule has 1 aliphatic heterocycles. The number of thiocarbonyl (C=S) groups is 1. The molecule has 1 aromatic heterocycles. The molecule has 1 aliphatic rings. The number of anilines is 2. The van der Waals surface area contributed by atoms with Crippen molar-refractivity contribution in [2.24, 2.45) is 0 Å². The summed E-state index contributed by atoms with van der Waals surface area (Å²) in [5, 5.41) is 4.29. The number of nitrogens with zero attached hydrogens (tertiary/aromatic N) is 2. The third-order valence-electron chi connectivity index (χ3n) is 6.54. The minimum Gasteiger partial charge on any atom is -0.361 e. The largest absolute Gasteiger partial charge is 0.361 e. The minimum absolute atomic E-state index is 0.0599. The number of ketones is 1. The van der Waals surface area contributed by atoms with Crippen LogP contribution in [0.25, 0.3) is 10.9 Å². The summed E-state index contributed by atoms with van der Waals surface area (Å²) in [4.78, 5) is 44.9. The first-order chi connectivity index (χ1) is 17.8. The molecule has 186 valence electrons. The number of H-pyrrole nitrogens is 1. The van der Waals surface area contributed by atoms with Crippen LogP contribution >= 0.6 is 12.2 Å². The van der Waals surface area contributed by atoms with Crippen molar-refractivity contribution in [3.8, 4) is 0 Å². The number of fused-ring (bicyclic) bond motifs is 1. The van der Waals surface area contributed by atoms with Gasteiger partial charge in [0.25, 0.3) is 5.91 Å². The van der Waals surface area contributed by atoms with E-state index in [1.165, 1.54) is 11.8 Å². The number of Topliss-reactive ketones (excluding diaryl/α,β-unsaturated/α-hetero) is 1. The lowest BCUT2D eigenvalue weighted by molar-refractivity contribution is -0.124. The molecule has 2 amide bonds. The number of hydrogen-bond acceptors (Lipinski definition) is 4. The number of amides is 2. The average molecular weight is 511 g/mol. The van der Waals surface area contributed by atoms with Gasteiger partial charge in [0.15, 0.2) is 10.9 Å². The highest BCUT2D eigenvalue weighted by Gasteiger charge is 2.44. The van der Waals surface area contributed by atoms with Gasteiger partial charge in [-0.2, -0.15) is 0 Å². The number of aromatic amines is 1. The topological polar surface area (TPSA) is 85.5 Å². The van der Waals surface area contributed by atoms with Crippen molar-refractivity contribution in [3.05, 3.63) is 95.7 Å². The van der Waals surface area contributed by atoms with Gasteiger partial charge in [0.1, 0.15) is 6.04 Å². The van der Waals surface area contributed by atoms with Gasteiger partial charge in [-0.1, -0.05) is 35.9 Å². The summed E-state index contributed by atoms with van der Waals surface area (Å²) in [5.41, 5.74) is 4.79. The summed E-state index contributed by atoms with van der Waals surface area (Å²) in [6.45, 7) is 3.89. The maximum absolute atomic E-state index is 13.7. The maximum atomic E-state index is 13.7. The van der Waals surface area contributed by atoms with Crippen LogP contribution in [0.5, 0.6) is 0 Å². The molecule has 2 heterocycles. The van der Waals surface area contributed by atoms with E-state index in [4.69, 9.17) is 12.2 Å². The number of rotatable bonds is 7. The van der Waals surface area contributed by atoms with Crippen LogP contribution in [0.4, 0.5) is 11.4 Å². The van der Waals surface area contributed by atoms with Gasteiger partial charge in [-0.15, -0.1) is 0 Å². The molecule has 37 heavy (non-hydrogen) atoms. The molecule has 2 N–H and O–H groups in total. The van der Waals surface area contributed by atoms with E-state index in [0.29, 0.717) is 28.6 Å². The highest BCUT2D eigenvalue weighted by atomic mass is 32.1. The van der Waals surface area contributed by atoms with Gasteiger partial charge >= 0.3 is 0 Å². The lowest BCUT2D eigenvalue weighted by atomic mass is 10.1. The Kier molecular flexibility index (Phi) is 6.58. The molecule has 0 radical (unpaired) electrons. The first kappa shape index (κ1) is 24.4. The lowest BCUT2D eigenvalue weighted by Crippen LogP contribution is -2.37. The Labute approximate surface area is 220 Å². The third-order valence-corrected chi connectivity index (χ3v) is 6.96. The summed E-state index contributed by atoms with van der Waals surface area (Å²) in [6.07, 6.45) is 1.78. The number of benzene rings is 3. The van der Waals surface area contributed by atoms with Crippen molar-refractivity contribution in [2.45, 2.75) is 32.9 Å². The van der Waals surface area contributed by atoms with Gasteiger partial charge in [0, 0.05) is 29.5 Å². The zero-order valence-corrected chi connectivity index (χ0v) is 21.3. The van der Waals surface area contributed by atoms with Crippen LogP contribution in [0, 0.1) is 6.92 Å². The van der Waals surface area contributed by atoms with Crippen molar-refractivity contribution in [3.63, 3.8) is 0 Å². The molecule has 3 aromatic carbocycles. The van der Waals surface area contributed by atoms with Gasteiger partial charge in [0.05, 0.1) is 12.1 Å². The quantitative estimate of drug-likeness (QED) is 0.263. The molecule has 8 heteroatoms. The standard InChI is InChI=1S/C29H26N4O3S/c1-18-3-5-20(6-4-18)17-32-26(16-27(35)31-23-10-7-22-13-14-30-25(22)15-23)28(36)33(29(32)37)24-11-8-21(9-12-24)19(2)34/h3-15,26,30H,16-17H2,1-2H3,(H,31,35). The predicted octanol–water partition coefficient (Wildman–Crippen LogP) is 5.21. The number of carbonyl (C=O) groups excluding carboxylic acids is 3. The van der Waals surface area contributed by atoms with Crippen LogP contribution in [0.3, 0.4) is 0 Å². The Balaban J connectivity index is 1.41. The molecule has 0 bridgehead atoms. The number of aromatic nitrogens is 1. The van der Waals surface area contributed by atoms with Crippen molar-refractivity contribution in [2.75, 3.05) is 10.2 Å². The van der Waals surface area contributed by atoms with Crippen molar-refractivity contribution in [1.29, 1.82) is 0 Å². The molecule has 0 aliphatic carbocycles. The van der Waals surface area contributed by atoms with E-state index in [9.17, 15) is 14.4 Å². The zero-order chi connectivity index (χ0) is 26.1. The normalized spacial score (nSPS) is 15.5. The fourth-order valence-electron chi connectivity index (χ4n) is 4.50. The second-order valence-corrected chi connectivity index (χ2v) is 9.59. The molecule has 0 saturated carbocycles. The van der Waals surface area contributed by atoms with E-state index in [1.54, 1.807) is 29.2 Å². The Morgan fingerprint density at radius 3 is 2.43 bits per heavy atom. The van der Waals surface area contributed by atoms with E-state index in [2.05, 4.69) is 10.3 Å². The Morgan fingerprint density at radius 2 is 1.73 bits per heavy atom. The zero-order valence-electron chi connectivity index (χ0n) is 20.5. The second kappa shape index (κ2) is 9.99. The van der Waals surface area contributed by atoms with Gasteiger partial charge in [0.2, 0.25) is 5.91 Å².